The van der Waals surface area contributed by atoms with Crippen LogP contribution in [0.2, 0.25) is 0 Å². The summed E-state index contributed by atoms with van der Waals surface area (Å²) in [6.45, 7) is 4.16. The number of benzene rings is 2. The Kier molecular flexibility index (Phi) is 5.14. The molecular weight excluding hydrogens is 305 g/mol. The van der Waals surface area contributed by atoms with E-state index in [2.05, 4.69) is 0 Å². The van der Waals surface area contributed by atoms with Crippen LogP contribution in [0.3, 0.4) is 0 Å². The fraction of sp³-hybridized carbons (Fsp3) is 0.350. The molecule has 0 radical (unpaired) electrons. The summed E-state index contributed by atoms with van der Waals surface area (Å²) in [7, 11) is 0. The van der Waals surface area contributed by atoms with Gasteiger partial charge in [0.05, 0.1) is 6.61 Å². The molecule has 4 heteroatoms. The van der Waals surface area contributed by atoms with Gasteiger partial charge in [-0.3, -0.25) is 4.79 Å². The molecule has 126 valence electrons. The second kappa shape index (κ2) is 7.47. The molecule has 0 aliphatic carbocycles. The van der Waals surface area contributed by atoms with E-state index in [9.17, 15) is 9.18 Å². The quantitative estimate of drug-likeness (QED) is 0.828. The van der Waals surface area contributed by atoms with Gasteiger partial charge in [-0.2, -0.15) is 0 Å². The van der Waals surface area contributed by atoms with Crippen LogP contribution in [0.25, 0.3) is 0 Å². The molecule has 1 atom stereocenters. The molecule has 1 saturated heterocycles. The minimum Gasteiger partial charge on any atom is -0.494 e. The molecule has 0 bridgehead atoms. The number of carbonyl (C=O) groups is 1. The van der Waals surface area contributed by atoms with E-state index >= 15 is 0 Å². The first-order valence-electron chi connectivity index (χ1n) is 8.36. The number of hydrogen-bond donors (Lipinski definition) is 0. The maximum Gasteiger partial charge on any atom is 0.253 e. The van der Waals surface area contributed by atoms with Gasteiger partial charge in [-0.05, 0) is 62.1 Å². The molecule has 0 aromatic heterocycles. The smallest absolute Gasteiger partial charge is 0.253 e. The predicted molar refractivity (Wildman–Crippen MR) is 91.7 cm³/mol. The summed E-state index contributed by atoms with van der Waals surface area (Å²) in [5.41, 5.74) is 1.86. The van der Waals surface area contributed by atoms with E-state index in [-0.39, 0.29) is 11.7 Å². The van der Waals surface area contributed by atoms with Crippen molar-refractivity contribution in [2.45, 2.75) is 19.8 Å². The summed E-state index contributed by atoms with van der Waals surface area (Å²) in [6.07, 6.45) is 1.90. The molecule has 1 fully saturated rings. The number of rotatable bonds is 5. The molecule has 1 unspecified atom stereocenters. The summed E-state index contributed by atoms with van der Waals surface area (Å²) < 4.78 is 18.5. The van der Waals surface area contributed by atoms with Gasteiger partial charge in [-0.15, -0.1) is 0 Å². The topological polar surface area (TPSA) is 29.5 Å². The fourth-order valence-corrected chi connectivity index (χ4v) is 3.09. The highest BCUT2D eigenvalue weighted by Crippen LogP contribution is 2.22. The van der Waals surface area contributed by atoms with E-state index in [1.165, 1.54) is 12.1 Å². The summed E-state index contributed by atoms with van der Waals surface area (Å²) in [6, 6.07) is 13.8. The van der Waals surface area contributed by atoms with E-state index < -0.39 is 0 Å². The van der Waals surface area contributed by atoms with Crippen LogP contribution in [0.15, 0.2) is 48.5 Å². The van der Waals surface area contributed by atoms with Crippen LogP contribution in [0, 0.1) is 18.7 Å². The van der Waals surface area contributed by atoms with Gasteiger partial charge in [0, 0.05) is 18.7 Å². The summed E-state index contributed by atoms with van der Waals surface area (Å²) in [5.74, 6) is 0.991. The van der Waals surface area contributed by atoms with Gasteiger partial charge in [0.2, 0.25) is 0 Å². The lowest BCUT2D eigenvalue weighted by molar-refractivity contribution is 0.0785. The van der Waals surface area contributed by atoms with Crippen molar-refractivity contribution >= 4 is 5.91 Å². The number of hydrogen-bond acceptors (Lipinski definition) is 2. The number of ether oxygens (including phenoxy) is 1. The first-order valence-corrected chi connectivity index (χ1v) is 8.36. The lowest BCUT2D eigenvalue weighted by Gasteiger charge is -2.17. The Hall–Kier alpha value is -2.36. The van der Waals surface area contributed by atoms with E-state index in [4.69, 9.17) is 4.74 Å². The highest BCUT2D eigenvalue weighted by molar-refractivity contribution is 5.94. The Labute approximate surface area is 142 Å². The number of amides is 1. The molecule has 1 aliphatic rings. The van der Waals surface area contributed by atoms with Crippen molar-refractivity contribution in [2.24, 2.45) is 5.92 Å². The van der Waals surface area contributed by atoms with Gasteiger partial charge in [0.1, 0.15) is 11.6 Å². The third-order valence-corrected chi connectivity index (χ3v) is 4.45. The van der Waals surface area contributed by atoms with E-state index in [0.717, 1.165) is 37.1 Å². The molecule has 2 aromatic rings. The number of halogens is 1. The average Bonchev–Trinajstić information content (AvgIpc) is 3.05. The van der Waals surface area contributed by atoms with Crippen molar-refractivity contribution < 1.29 is 13.9 Å². The van der Waals surface area contributed by atoms with Gasteiger partial charge >= 0.3 is 0 Å². The van der Waals surface area contributed by atoms with Crippen molar-refractivity contribution in [3.8, 4) is 5.75 Å². The average molecular weight is 327 g/mol. The molecule has 0 saturated carbocycles. The summed E-state index contributed by atoms with van der Waals surface area (Å²) in [5, 5.41) is 0. The highest BCUT2D eigenvalue weighted by atomic mass is 19.1. The van der Waals surface area contributed by atoms with Crippen molar-refractivity contribution in [3.63, 3.8) is 0 Å². The molecule has 0 spiro atoms. The maximum atomic E-state index is 12.8. The Morgan fingerprint density at radius 3 is 2.79 bits per heavy atom. The molecule has 1 aliphatic heterocycles. The monoisotopic (exact) mass is 327 g/mol. The minimum atomic E-state index is -0.261. The van der Waals surface area contributed by atoms with E-state index in [1.54, 1.807) is 12.1 Å². The van der Waals surface area contributed by atoms with Crippen LogP contribution < -0.4 is 4.74 Å². The van der Waals surface area contributed by atoms with Gasteiger partial charge in [-0.25, -0.2) is 4.39 Å². The zero-order valence-electron chi connectivity index (χ0n) is 13.9. The van der Waals surface area contributed by atoms with Gasteiger partial charge in [0.15, 0.2) is 0 Å². The third kappa shape index (κ3) is 4.13. The van der Waals surface area contributed by atoms with Crippen molar-refractivity contribution in [3.05, 3.63) is 65.5 Å². The van der Waals surface area contributed by atoms with Crippen molar-refractivity contribution in [1.82, 2.24) is 4.90 Å². The number of carbonyl (C=O) groups excluding carboxylic acids is 1. The van der Waals surface area contributed by atoms with Crippen LogP contribution in [0.1, 0.15) is 28.8 Å². The Bertz CT molecular complexity index is 699. The molecule has 3 rings (SSSR count). The second-order valence-electron chi connectivity index (χ2n) is 6.37. The van der Waals surface area contributed by atoms with Crippen molar-refractivity contribution in [1.29, 1.82) is 0 Å². The normalized spacial score (nSPS) is 17.1. The first kappa shape index (κ1) is 16.5. The second-order valence-corrected chi connectivity index (χ2v) is 6.37. The van der Waals surface area contributed by atoms with Gasteiger partial charge in [-0.1, -0.05) is 17.7 Å². The van der Waals surface area contributed by atoms with E-state index in [0.29, 0.717) is 18.3 Å². The predicted octanol–water partition coefficient (Wildman–Crippen LogP) is 4.07. The molecule has 24 heavy (non-hydrogen) atoms. The molecule has 0 N–H and O–H groups in total. The zero-order valence-corrected chi connectivity index (χ0v) is 13.9. The standard InChI is InChI=1S/C20H22FNO2/c1-15-3-2-4-17(13-15)20(23)22-11-9-16(14-22)10-12-24-19-7-5-18(21)6-8-19/h2-8,13,16H,9-12,14H2,1H3. The fourth-order valence-electron chi connectivity index (χ4n) is 3.09. The van der Waals surface area contributed by atoms with Gasteiger partial charge in [0.25, 0.3) is 5.91 Å². The zero-order chi connectivity index (χ0) is 16.9. The van der Waals surface area contributed by atoms with Crippen LogP contribution in [0.4, 0.5) is 4.39 Å². The molecule has 3 nitrogen and oxygen atoms in total. The van der Waals surface area contributed by atoms with Crippen LogP contribution in [-0.2, 0) is 0 Å². The van der Waals surface area contributed by atoms with Crippen LogP contribution in [0.5, 0.6) is 5.75 Å². The van der Waals surface area contributed by atoms with E-state index in [1.807, 2.05) is 36.1 Å². The lowest BCUT2D eigenvalue weighted by atomic mass is 10.1. The van der Waals surface area contributed by atoms with Crippen LogP contribution >= 0.6 is 0 Å². The largest absolute Gasteiger partial charge is 0.494 e. The molecular formula is C20H22FNO2. The summed E-state index contributed by atoms with van der Waals surface area (Å²) >= 11 is 0. The van der Waals surface area contributed by atoms with Gasteiger partial charge < -0.3 is 9.64 Å². The summed E-state index contributed by atoms with van der Waals surface area (Å²) in [4.78, 5) is 14.5. The SMILES string of the molecule is Cc1cccc(C(=O)N2CCC(CCOc3ccc(F)cc3)C2)c1. The number of aryl methyl sites for hydroxylation is 1. The van der Waals surface area contributed by atoms with Crippen LogP contribution in [-0.4, -0.2) is 30.5 Å². The molecule has 1 amide bonds. The first-order chi connectivity index (χ1) is 11.6. The Morgan fingerprint density at radius 1 is 1.25 bits per heavy atom. The maximum absolute atomic E-state index is 12.8. The number of nitrogens with zero attached hydrogens (tertiary/aromatic N) is 1. The number of likely N-dealkylation sites (tertiary alicyclic amines) is 1. The minimum absolute atomic E-state index is 0.112. The third-order valence-electron chi connectivity index (χ3n) is 4.45. The Balaban J connectivity index is 1.47. The molecule has 1 heterocycles. The van der Waals surface area contributed by atoms with Crippen molar-refractivity contribution in [2.75, 3.05) is 19.7 Å². The molecule has 2 aromatic carbocycles. The highest BCUT2D eigenvalue weighted by Gasteiger charge is 2.26. The Morgan fingerprint density at radius 2 is 2.04 bits per heavy atom. The lowest BCUT2D eigenvalue weighted by Crippen LogP contribution is -2.28.